The number of hydrogen-bond acceptors (Lipinski definition) is 7. The Morgan fingerprint density at radius 2 is 2.22 bits per heavy atom. The average molecular weight is 490 g/mol. The van der Waals surface area contributed by atoms with Gasteiger partial charge in [-0.25, -0.2) is 4.39 Å². The minimum absolute atomic E-state index is 0.0304. The van der Waals surface area contributed by atoms with Crippen molar-refractivity contribution in [2.45, 2.75) is 54.9 Å². The lowest BCUT2D eigenvalue weighted by Gasteiger charge is -2.31. The summed E-state index contributed by atoms with van der Waals surface area (Å²) in [4.78, 5) is 12.6. The van der Waals surface area contributed by atoms with Crippen molar-refractivity contribution in [3.8, 4) is 6.01 Å². The molecule has 1 aliphatic carbocycles. The lowest BCUT2D eigenvalue weighted by atomic mass is 9.95. The normalized spacial score (nSPS) is 37.7. The van der Waals surface area contributed by atoms with Crippen LogP contribution < -0.4 is 20.2 Å². The standard InChI is InChI=1S/C21H25Cl2F2N5O2/c22-14-16-17(14)31-8-2-6-29(16)19-13-3-7-30(23)18(25)15(13)26-20(27-19)32-11-21-4-1-5-28(21)10-12(24)9-21/h3,12,14,16-17H,1-2,4-11H2/t12-,14?,16?,17?,21+/m1/s1/i11D2. The zero-order valence-corrected chi connectivity index (χ0v) is 18.8. The number of nitrogens with zero attached hydrogens (tertiary/aromatic N) is 5. The summed E-state index contributed by atoms with van der Waals surface area (Å²) in [6.07, 6.45) is 2.42. The lowest BCUT2D eigenvalue weighted by Crippen LogP contribution is -2.46. The molecule has 5 heterocycles. The van der Waals surface area contributed by atoms with Crippen molar-refractivity contribution in [2.24, 2.45) is 0 Å². The second-order valence-electron chi connectivity index (χ2n) is 9.04. The summed E-state index contributed by atoms with van der Waals surface area (Å²) in [6, 6.07) is -0.449. The minimum atomic E-state index is -2.29. The van der Waals surface area contributed by atoms with Crippen molar-refractivity contribution >= 4 is 41.2 Å². The fraction of sp³-hybridized carbons (Fsp3) is 0.714. The van der Waals surface area contributed by atoms with Crippen LogP contribution in [0.1, 0.15) is 28.4 Å². The van der Waals surface area contributed by atoms with Gasteiger partial charge in [0, 0.05) is 43.1 Å². The monoisotopic (exact) mass is 489 g/mol. The van der Waals surface area contributed by atoms with E-state index in [2.05, 4.69) is 9.97 Å². The molecule has 5 atom stereocenters. The van der Waals surface area contributed by atoms with E-state index in [1.54, 1.807) is 6.08 Å². The van der Waals surface area contributed by atoms with Crippen molar-refractivity contribution in [3.63, 3.8) is 0 Å². The van der Waals surface area contributed by atoms with Gasteiger partial charge in [-0.1, -0.05) is 6.08 Å². The number of aromatic nitrogens is 2. The van der Waals surface area contributed by atoms with Crippen LogP contribution in [0.5, 0.6) is 6.01 Å². The molecule has 1 aromatic rings. The Hall–Kier alpha value is -1.42. The molecule has 6 rings (SSSR count). The van der Waals surface area contributed by atoms with Crippen molar-refractivity contribution < 1.29 is 21.0 Å². The molecule has 1 aromatic heterocycles. The fourth-order valence-electron chi connectivity index (χ4n) is 5.44. The molecule has 0 bridgehead atoms. The highest BCUT2D eigenvalue weighted by Crippen LogP contribution is 2.41. The van der Waals surface area contributed by atoms with Crippen LogP contribution in [0, 0.1) is 0 Å². The first-order chi connectivity index (χ1) is 16.2. The maximum atomic E-state index is 15.1. The van der Waals surface area contributed by atoms with Gasteiger partial charge in [0.2, 0.25) is 5.95 Å². The highest BCUT2D eigenvalue weighted by Gasteiger charge is 2.56. The molecule has 0 amide bonds. The smallest absolute Gasteiger partial charge is 0.319 e. The zero-order chi connectivity index (χ0) is 23.8. The van der Waals surface area contributed by atoms with Crippen LogP contribution in [0.2, 0.25) is 0 Å². The van der Waals surface area contributed by atoms with Gasteiger partial charge in [-0.2, -0.15) is 14.4 Å². The topological polar surface area (TPSA) is 54.0 Å². The molecule has 3 saturated heterocycles. The Labute approximate surface area is 197 Å². The molecule has 7 nitrogen and oxygen atoms in total. The molecule has 0 radical (unpaired) electrons. The Morgan fingerprint density at radius 1 is 1.34 bits per heavy atom. The van der Waals surface area contributed by atoms with Crippen molar-refractivity contribution in [1.29, 1.82) is 0 Å². The van der Waals surface area contributed by atoms with Crippen LogP contribution in [-0.4, -0.2) is 87.9 Å². The quantitative estimate of drug-likeness (QED) is 0.359. The predicted octanol–water partition coefficient (Wildman–Crippen LogP) is 1.30. The van der Waals surface area contributed by atoms with Gasteiger partial charge in [0.05, 0.1) is 32.3 Å². The summed E-state index contributed by atoms with van der Waals surface area (Å²) >= 11 is 12.5. The third-order valence-electron chi connectivity index (χ3n) is 7.02. The average Bonchev–Trinajstić information content (AvgIpc) is 3.14. The van der Waals surface area contributed by atoms with E-state index in [0.29, 0.717) is 37.2 Å². The summed E-state index contributed by atoms with van der Waals surface area (Å²) < 4.78 is 59.4. The Morgan fingerprint density at radius 3 is 3.09 bits per heavy atom. The van der Waals surface area contributed by atoms with Crippen molar-refractivity contribution in [1.82, 2.24) is 19.3 Å². The number of hydrogen-bond donors (Lipinski definition) is 0. The number of ether oxygens (including phenoxy) is 2. The fourth-order valence-corrected chi connectivity index (χ4v) is 6.00. The van der Waals surface area contributed by atoms with Gasteiger partial charge in [-0.3, -0.25) is 9.32 Å². The first-order valence-electron chi connectivity index (χ1n) is 12.0. The molecule has 0 aromatic carbocycles. The molecule has 4 aliphatic heterocycles. The first-order valence-corrected chi connectivity index (χ1v) is 11.8. The van der Waals surface area contributed by atoms with Crippen molar-refractivity contribution in [2.75, 3.05) is 44.2 Å². The summed E-state index contributed by atoms with van der Waals surface area (Å²) in [7, 11) is 0. The van der Waals surface area contributed by atoms with Gasteiger partial charge in [0.25, 0.3) is 0 Å². The van der Waals surface area contributed by atoms with E-state index in [1.807, 2.05) is 9.80 Å². The Bertz CT molecular complexity index is 1130. The first kappa shape index (κ1) is 18.9. The highest BCUT2D eigenvalue weighted by molar-refractivity contribution is 6.24. The van der Waals surface area contributed by atoms with E-state index in [4.69, 9.17) is 35.6 Å². The number of rotatable bonds is 4. The molecule has 3 unspecified atom stereocenters. The Balaban J connectivity index is 1.44. The van der Waals surface area contributed by atoms with E-state index < -0.39 is 24.2 Å². The van der Waals surface area contributed by atoms with Gasteiger partial charge < -0.3 is 14.4 Å². The molecule has 1 saturated carbocycles. The predicted molar refractivity (Wildman–Crippen MR) is 117 cm³/mol. The third-order valence-corrected chi connectivity index (χ3v) is 7.82. The molecule has 11 heteroatoms. The zero-order valence-electron chi connectivity index (χ0n) is 19.3. The Kier molecular flexibility index (Phi) is 4.63. The molecule has 4 fully saturated rings. The highest BCUT2D eigenvalue weighted by atomic mass is 35.5. The van der Waals surface area contributed by atoms with Gasteiger partial charge in [-0.15, -0.1) is 11.6 Å². The van der Waals surface area contributed by atoms with Gasteiger partial charge in [0.15, 0.2) is 0 Å². The number of anilines is 1. The number of fused-ring (bicyclic) bond motifs is 3. The maximum Gasteiger partial charge on any atom is 0.319 e. The number of alkyl halides is 2. The third kappa shape index (κ3) is 3.35. The summed E-state index contributed by atoms with van der Waals surface area (Å²) in [5.74, 6) is -0.352. The van der Waals surface area contributed by atoms with Gasteiger partial charge in [-0.05, 0) is 25.8 Å². The molecule has 174 valence electrons. The van der Waals surface area contributed by atoms with Crippen LogP contribution in [0.25, 0.3) is 12.0 Å². The minimum Gasteiger partial charge on any atom is -0.461 e. The van der Waals surface area contributed by atoms with Crippen molar-refractivity contribution in [3.05, 3.63) is 10.6 Å². The molecule has 32 heavy (non-hydrogen) atoms. The van der Waals surface area contributed by atoms with Gasteiger partial charge in [0.1, 0.15) is 23.9 Å². The van der Waals surface area contributed by atoms with Crippen LogP contribution in [0.3, 0.4) is 0 Å². The molecule has 0 N–H and O–H groups in total. The van der Waals surface area contributed by atoms with E-state index >= 15 is 4.39 Å². The van der Waals surface area contributed by atoms with Crippen LogP contribution in [0.4, 0.5) is 14.6 Å². The summed E-state index contributed by atoms with van der Waals surface area (Å²) in [5.41, 5.74) is -1.11. The number of halogens is 4. The second kappa shape index (κ2) is 7.82. The van der Waals surface area contributed by atoms with E-state index in [9.17, 15) is 4.39 Å². The molecular formula is C21H25Cl2F2N5O2. The molecule has 0 spiro atoms. The van der Waals surface area contributed by atoms with E-state index in [1.165, 1.54) is 0 Å². The van der Waals surface area contributed by atoms with E-state index in [-0.39, 0.29) is 48.4 Å². The lowest BCUT2D eigenvalue weighted by molar-refractivity contribution is 0.107. The van der Waals surface area contributed by atoms with Crippen LogP contribution in [0.15, 0.2) is 0 Å². The largest absolute Gasteiger partial charge is 0.461 e. The molecule has 5 aliphatic rings. The van der Waals surface area contributed by atoms with Crippen LogP contribution >= 0.6 is 23.4 Å². The summed E-state index contributed by atoms with van der Waals surface area (Å²) in [6.45, 7) is -0.247. The van der Waals surface area contributed by atoms with Crippen LogP contribution in [-0.2, 0) is 4.74 Å². The maximum absolute atomic E-state index is 15.1. The van der Waals surface area contributed by atoms with E-state index in [0.717, 1.165) is 17.3 Å². The second-order valence-corrected chi connectivity index (χ2v) is 9.95. The molecular weight excluding hydrogens is 463 g/mol. The summed E-state index contributed by atoms with van der Waals surface area (Å²) in [5, 5.41) is 0.166. The SMILES string of the molecule is [2H]C([2H])(Oc1nc(N2CCCOC3C(Cl)C32)c2c(n1)=C(F)N(Cl)CC=2)[C@@]12CCCN1C[C@H](F)C2. The van der Waals surface area contributed by atoms with Gasteiger partial charge >= 0.3 is 6.01 Å².